The highest BCUT2D eigenvalue weighted by molar-refractivity contribution is 9.10. The molecule has 0 spiro atoms. The van der Waals surface area contributed by atoms with E-state index in [1.54, 1.807) is 19.1 Å². The van der Waals surface area contributed by atoms with Gasteiger partial charge in [0.1, 0.15) is 11.5 Å². The van der Waals surface area contributed by atoms with Crippen LogP contribution < -0.4 is 20.3 Å². The summed E-state index contributed by atoms with van der Waals surface area (Å²) < 4.78 is 12.0. The summed E-state index contributed by atoms with van der Waals surface area (Å²) in [5, 5.41) is 0. The third-order valence-electron chi connectivity index (χ3n) is 3.70. The van der Waals surface area contributed by atoms with Crippen molar-refractivity contribution in [3.05, 3.63) is 58.6 Å². The lowest BCUT2D eigenvalue weighted by molar-refractivity contribution is -0.132. The van der Waals surface area contributed by atoms with Crippen LogP contribution in [0.2, 0.25) is 0 Å². The van der Waals surface area contributed by atoms with E-state index in [1.165, 1.54) is 0 Å². The first kappa shape index (κ1) is 20.8. The molecular weight excluding hydrogens is 412 g/mol. The summed E-state index contributed by atoms with van der Waals surface area (Å²) >= 11 is 3.34. The quantitative estimate of drug-likeness (QED) is 0.492. The number of amides is 2. The molecule has 0 aliphatic heterocycles. The average molecular weight is 435 g/mol. The lowest BCUT2D eigenvalue weighted by Gasteiger charge is -2.15. The molecule has 2 rings (SSSR count). The van der Waals surface area contributed by atoms with Crippen molar-refractivity contribution < 1.29 is 19.1 Å². The maximum Gasteiger partial charge on any atom is 0.279 e. The van der Waals surface area contributed by atoms with E-state index >= 15 is 0 Å². The molecule has 144 valence electrons. The summed E-state index contributed by atoms with van der Waals surface area (Å²) in [6.07, 6.45) is 0.0386. The number of ether oxygens (including phenoxy) is 2. The van der Waals surface area contributed by atoms with Crippen LogP contribution >= 0.6 is 15.9 Å². The van der Waals surface area contributed by atoms with E-state index in [-0.39, 0.29) is 12.3 Å². The molecule has 2 aromatic rings. The van der Waals surface area contributed by atoms with Crippen LogP contribution in [0, 0.1) is 6.92 Å². The molecule has 0 aliphatic rings. The van der Waals surface area contributed by atoms with E-state index in [1.807, 2.05) is 43.3 Å². The summed E-state index contributed by atoms with van der Waals surface area (Å²) in [4.78, 5) is 23.8. The van der Waals surface area contributed by atoms with Gasteiger partial charge in [-0.15, -0.1) is 0 Å². The highest BCUT2D eigenvalue weighted by Gasteiger charge is 2.15. The van der Waals surface area contributed by atoms with Crippen LogP contribution in [0.1, 0.15) is 25.3 Å². The molecule has 0 aliphatic carbocycles. The maximum atomic E-state index is 12.0. The number of carbonyl (C=O) groups is 2. The Hall–Kier alpha value is -2.54. The molecule has 0 radical (unpaired) electrons. The summed E-state index contributed by atoms with van der Waals surface area (Å²) in [6.45, 7) is 4.00. The topological polar surface area (TPSA) is 76.7 Å². The van der Waals surface area contributed by atoms with Gasteiger partial charge in [0.2, 0.25) is 5.91 Å². The van der Waals surface area contributed by atoms with E-state index < -0.39 is 12.0 Å². The number of benzene rings is 2. The first-order valence-electron chi connectivity index (χ1n) is 8.65. The van der Waals surface area contributed by atoms with Crippen LogP contribution in [0.4, 0.5) is 0 Å². The fourth-order valence-corrected chi connectivity index (χ4v) is 2.60. The predicted octanol–water partition coefficient (Wildman–Crippen LogP) is 3.53. The number of nitrogens with one attached hydrogen (secondary N) is 2. The van der Waals surface area contributed by atoms with Gasteiger partial charge in [-0.25, -0.2) is 0 Å². The molecule has 6 nitrogen and oxygen atoms in total. The second-order valence-corrected chi connectivity index (χ2v) is 6.89. The van der Waals surface area contributed by atoms with Gasteiger partial charge in [-0.1, -0.05) is 40.2 Å². The predicted molar refractivity (Wildman–Crippen MR) is 106 cm³/mol. The van der Waals surface area contributed by atoms with E-state index in [9.17, 15) is 9.59 Å². The SMILES string of the molecule is Cc1ccccc1OCCCC(=O)NNC(=O)C(C)Oc1cccc(Br)c1. The molecule has 7 heteroatoms. The zero-order valence-corrected chi connectivity index (χ0v) is 16.9. The number of carbonyl (C=O) groups excluding carboxylic acids is 2. The van der Waals surface area contributed by atoms with Crippen molar-refractivity contribution in [1.29, 1.82) is 0 Å². The van der Waals surface area contributed by atoms with E-state index in [0.717, 1.165) is 15.8 Å². The fraction of sp³-hybridized carbons (Fsp3) is 0.300. The first-order valence-corrected chi connectivity index (χ1v) is 9.44. The van der Waals surface area contributed by atoms with E-state index in [4.69, 9.17) is 9.47 Å². The molecule has 0 bridgehead atoms. The standard InChI is InChI=1S/C20H23BrN2O4/c1-14-7-3-4-10-18(14)26-12-6-11-19(24)22-23-20(25)15(2)27-17-9-5-8-16(21)13-17/h3-5,7-10,13,15H,6,11-12H2,1-2H3,(H,22,24)(H,23,25). The van der Waals surface area contributed by atoms with Crippen LogP contribution in [0.5, 0.6) is 11.5 Å². The van der Waals surface area contributed by atoms with Crippen LogP contribution in [0.15, 0.2) is 53.0 Å². The number of halogens is 1. The van der Waals surface area contributed by atoms with Crippen LogP contribution in [-0.4, -0.2) is 24.5 Å². The molecule has 0 saturated carbocycles. The number of rotatable bonds is 8. The lowest BCUT2D eigenvalue weighted by atomic mass is 10.2. The summed E-state index contributed by atoms with van der Waals surface area (Å²) in [6, 6.07) is 14.9. The molecule has 0 saturated heterocycles. The Bertz CT molecular complexity index is 782. The van der Waals surface area contributed by atoms with Crippen molar-refractivity contribution in [3.8, 4) is 11.5 Å². The van der Waals surface area contributed by atoms with Gasteiger partial charge in [0.25, 0.3) is 5.91 Å². The Balaban J connectivity index is 1.64. The van der Waals surface area contributed by atoms with Crippen molar-refractivity contribution in [2.75, 3.05) is 6.61 Å². The number of aryl methyl sites for hydroxylation is 1. The monoisotopic (exact) mass is 434 g/mol. The average Bonchev–Trinajstić information content (AvgIpc) is 2.64. The van der Waals surface area contributed by atoms with Crippen molar-refractivity contribution in [2.45, 2.75) is 32.8 Å². The lowest BCUT2D eigenvalue weighted by Crippen LogP contribution is -2.47. The Morgan fingerprint density at radius 3 is 2.63 bits per heavy atom. The molecule has 27 heavy (non-hydrogen) atoms. The van der Waals surface area contributed by atoms with Crippen LogP contribution in [0.25, 0.3) is 0 Å². The minimum absolute atomic E-state index is 0.243. The molecule has 0 heterocycles. The number of hydrazine groups is 1. The Morgan fingerprint density at radius 1 is 1.11 bits per heavy atom. The number of hydrogen-bond acceptors (Lipinski definition) is 4. The van der Waals surface area contributed by atoms with Gasteiger partial charge in [-0.2, -0.15) is 0 Å². The van der Waals surface area contributed by atoms with Gasteiger partial charge in [-0.05, 0) is 50.1 Å². The summed E-state index contributed by atoms with van der Waals surface area (Å²) in [7, 11) is 0. The molecule has 1 unspecified atom stereocenters. The maximum absolute atomic E-state index is 12.0. The minimum atomic E-state index is -0.746. The summed E-state index contributed by atoms with van der Waals surface area (Å²) in [5.74, 6) is 0.655. The van der Waals surface area contributed by atoms with Gasteiger partial charge in [0.05, 0.1) is 6.61 Å². The van der Waals surface area contributed by atoms with Gasteiger partial charge >= 0.3 is 0 Å². The molecule has 0 aromatic heterocycles. The molecule has 2 N–H and O–H groups in total. The Labute approximate surface area is 167 Å². The van der Waals surface area contributed by atoms with Crippen LogP contribution in [0.3, 0.4) is 0 Å². The van der Waals surface area contributed by atoms with Crippen LogP contribution in [-0.2, 0) is 9.59 Å². The smallest absolute Gasteiger partial charge is 0.279 e. The van der Waals surface area contributed by atoms with E-state index in [0.29, 0.717) is 18.8 Å². The largest absolute Gasteiger partial charge is 0.493 e. The molecule has 1 atom stereocenters. The summed E-state index contributed by atoms with van der Waals surface area (Å²) in [5.41, 5.74) is 5.81. The number of para-hydroxylation sites is 1. The third-order valence-corrected chi connectivity index (χ3v) is 4.20. The normalized spacial score (nSPS) is 11.4. The molecular formula is C20H23BrN2O4. The molecule has 2 aromatic carbocycles. The van der Waals surface area contributed by atoms with Gasteiger partial charge < -0.3 is 9.47 Å². The van der Waals surface area contributed by atoms with Crippen molar-refractivity contribution >= 4 is 27.7 Å². The fourth-order valence-electron chi connectivity index (χ4n) is 2.23. The zero-order valence-electron chi connectivity index (χ0n) is 15.3. The second kappa shape index (κ2) is 10.6. The highest BCUT2D eigenvalue weighted by atomic mass is 79.9. The van der Waals surface area contributed by atoms with Gasteiger partial charge in [-0.3, -0.25) is 20.4 Å². The highest BCUT2D eigenvalue weighted by Crippen LogP contribution is 2.19. The number of hydrogen-bond donors (Lipinski definition) is 2. The van der Waals surface area contributed by atoms with Gasteiger partial charge in [0.15, 0.2) is 6.10 Å². The third kappa shape index (κ3) is 7.30. The van der Waals surface area contributed by atoms with E-state index in [2.05, 4.69) is 26.8 Å². The molecule has 2 amide bonds. The minimum Gasteiger partial charge on any atom is -0.493 e. The molecule has 0 fully saturated rings. The first-order chi connectivity index (χ1) is 13.0. The van der Waals surface area contributed by atoms with Crippen molar-refractivity contribution in [2.24, 2.45) is 0 Å². The van der Waals surface area contributed by atoms with Crippen molar-refractivity contribution in [1.82, 2.24) is 10.9 Å². The Morgan fingerprint density at radius 2 is 1.89 bits per heavy atom. The second-order valence-electron chi connectivity index (χ2n) is 5.97. The van der Waals surface area contributed by atoms with Crippen molar-refractivity contribution in [3.63, 3.8) is 0 Å². The zero-order chi connectivity index (χ0) is 19.6. The van der Waals surface area contributed by atoms with Gasteiger partial charge in [0, 0.05) is 10.9 Å². The Kier molecular flexibility index (Phi) is 8.13.